The van der Waals surface area contributed by atoms with E-state index in [9.17, 15) is 14.7 Å². The number of carbonyl (C=O) groups is 2. The maximum atomic E-state index is 13.0. The van der Waals surface area contributed by atoms with E-state index in [0.717, 1.165) is 0 Å². The number of carbonyl (C=O) groups excluding carboxylic acids is 2. The second kappa shape index (κ2) is 8.00. The molecule has 1 atom stereocenters. The van der Waals surface area contributed by atoms with Gasteiger partial charge in [0.15, 0.2) is 0 Å². The van der Waals surface area contributed by atoms with Gasteiger partial charge in [0.1, 0.15) is 11.5 Å². The molecule has 1 aliphatic heterocycles. The van der Waals surface area contributed by atoms with E-state index in [-0.39, 0.29) is 11.3 Å². The quantitative estimate of drug-likeness (QED) is 0.385. The van der Waals surface area contributed by atoms with Crippen LogP contribution in [0.15, 0.2) is 78.6 Å². The van der Waals surface area contributed by atoms with E-state index in [4.69, 9.17) is 16.3 Å². The van der Waals surface area contributed by atoms with Crippen molar-refractivity contribution < 1.29 is 19.4 Å². The zero-order chi connectivity index (χ0) is 21.3. The van der Waals surface area contributed by atoms with Crippen LogP contribution in [-0.2, 0) is 9.59 Å². The first-order chi connectivity index (χ1) is 14.5. The third kappa shape index (κ3) is 3.42. The van der Waals surface area contributed by atoms with Gasteiger partial charge in [-0.15, -0.1) is 0 Å². The van der Waals surface area contributed by atoms with Crippen LogP contribution < -0.4 is 9.64 Å². The molecule has 1 unspecified atom stereocenters. The number of aliphatic hydroxyl groups excluding tert-OH is 1. The van der Waals surface area contributed by atoms with Gasteiger partial charge in [0.05, 0.1) is 18.7 Å². The van der Waals surface area contributed by atoms with Crippen molar-refractivity contribution in [2.75, 3.05) is 12.0 Å². The summed E-state index contributed by atoms with van der Waals surface area (Å²) in [5.41, 5.74) is 1.51. The summed E-state index contributed by atoms with van der Waals surface area (Å²) >= 11 is 5.98. The van der Waals surface area contributed by atoms with Crippen molar-refractivity contribution in [2.45, 2.75) is 6.04 Å². The lowest BCUT2D eigenvalue weighted by Crippen LogP contribution is -2.29. The highest BCUT2D eigenvalue weighted by Crippen LogP contribution is 2.42. The molecule has 7 heteroatoms. The Bertz CT molecular complexity index is 1140. The number of hydrogen-bond donors (Lipinski definition) is 1. The largest absolute Gasteiger partial charge is 0.507 e. The number of pyridine rings is 1. The molecule has 1 amide bonds. The van der Waals surface area contributed by atoms with Crippen molar-refractivity contribution in [3.05, 3.63) is 94.8 Å². The molecular formula is C23H17ClN2O4. The van der Waals surface area contributed by atoms with Gasteiger partial charge in [-0.3, -0.25) is 19.5 Å². The standard InChI is InChI=1S/C23H17ClN2O4/c1-30-18-4-2-3-15(13-18)21(27)19-20(14-9-11-25-12-10-14)26(23(29)22(19)28)17-7-5-16(24)6-8-17/h2-13,20,27H,1H3/b21-19-. The van der Waals surface area contributed by atoms with Gasteiger partial charge in [0.2, 0.25) is 0 Å². The Morgan fingerprint density at radius 3 is 2.43 bits per heavy atom. The molecule has 2 heterocycles. The number of ketones is 1. The van der Waals surface area contributed by atoms with Gasteiger partial charge in [0.25, 0.3) is 11.7 Å². The van der Waals surface area contributed by atoms with Crippen LogP contribution in [0.5, 0.6) is 5.75 Å². The van der Waals surface area contributed by atoms with Crippen LogP contribution in [0.4, 0.5) is 5.69 Å². The number of aromatic nitrogens is 1. The highest BCUT2D eigenvalue weighted by molar-refractivity contribution is 6.51. The van der Waals surface area contributed by atoms with Gasteiger partial charge >= 0.3 is 0 Å². The first-order valence-electron chi connectivity index (χ1n) is 9.12. The fraction of sp³-hybridized carbons (Fsp3) is 0.0870. The fourth-order valence-electron chi connectivity index (χ4n) is 3.49. The minimum Gasteiger partial charge on any atom is -0.507 e. The molecule has 0 radical (unpaired) electrons. The first-order valence-corrected chi connectivity index (χ1v) is 9.50. The van der Waals surface area contributed by atoms with Crippen LogP contribution in [0, 0.1) is 0 Å². The Balaban J connectivity index is 1.93. The molecule has 150 valence electrons. The second-order valence-corrected chi connectivity index (χ2v) is 7.09. The second-order valence-electron chi connectivity index (χ2n) is 6.66. The van der Waals surface area contributed by atoms with Crippen LogP contribution in [-0.4, -0.2) is 28.9 Å². The summed E-state index contributed by atoms with van der Waals surface area (Å²) in [7, 11) is 1.51. The summed E-state index contributed by atoms with van der Waals surface area (Å²) in [6.45, 7) is 0. The van der Waals surface area contributed by atoms with E-state index in [2.05, 4.69) is 4.98 Å². The van der Waals surface area contributed by atoms with Crippen molar-refractivity contribution in [2.24, 2.45) is 0 Å². The molecule has 3 aromatic rings. The number of rotatable bonds is 4. The molecule has 0 saturated carbocycles. The predicted molar refractivity (Wildman–Crippen MR) is 113 cm³/mol. The summed E-state index contributed by atoms with van der Waals surface area (Å²) in [6.07, 6.45) is 3.14. The number of hydrogen-bond acceptors (Lipinski definition) is 5. The number of anilines is 1. The van der Waals surface area contributed by atoms with Crippen LogP contribution in [0.25, 0.3) is 5.76 Å². The van der Waals surface area contributed by atoms with Crippen molar-refractivity contribution >= 4 is 34.7 Å². The number of Topliss-reactive ketones (excluding diaryl/α,β-unsaturated/α-hetero) is 1. The lowest BCUT2D eigenvalue weighted by molar-refractivity contribution is -0.132. The van der Waals surface area contributed by atoms with Crippen LogP contribution >= 0.6 is 11.6 Å². The van der Waals surface area contributed by atoms with Gasteiger partial charge in [-0.25, -0.2) is 0 Å². The zero-order valence-corrected chi connectivity index (χ0v) is 16.7. The van der Waals surface area contributed by atoms with Crippen molar-refractivity contribution in [3.8, 4) is 5.75 Å². The van der Waals surface area contributed by atoms with Crippen molar-refractivity contribution in [1.82, 2.24) is 4.98 Å². The highest BCUT2D eigenvalue weighted by Gasteiger charge is 2.46. The molecule has 1 aliphatic rings. The Morgan fingerprint density at radius 1 is 1.07 bits per heavy atom. The van der Waals surface area contributed by atoms with E-state index >= 15 is 0 Å². The molecular weight excluding hydrogens is 404 g/mol. The topological polar surface area (TPSA) is 79.7 Å². The van der Waals surface area contributed by atoms with E-state index in [1.807, 2.05) is 0 Å². The first kappa shape index (κ1) is 19.7. The van der Waals surface area contributed by atoms with Gasteiger partial charge in [-0.05, 0) is 54.1 Å². The van der Waals surface area contributed by atoms with Gasteiger partial charge in [-0.2, -0.15) is 0 Å². The Morgan fingerprint density at radius 2 is 1.77 bits per heavy atom. The summed E-state index contributed by atoms with van der Waals surface area (Å²) in [5, 5.41) is 11.6. The molecule has 0 spiro atoms. The zero-order valence-electron chi connectivity index (χ0n) is 15.9. The molecule has 4 rings (SSSR count). The predicted octanol–water partition coefficient (Wildman–Crippen LogP) is 4.37. The maximum absolute atomic E-state index is 13.0. The van der Waals surface area contributed by atoms with Crippen molar-refractivity contribution in [3.63, 3.8) is 0 Å². The minimum atomic E-state index is -0.819. The average molecular weight is 421 g/mol. The summed E-state index contributed by atoms with van der Waals surface area (Å²) in [5.74, 6) is -1.26. The number of amides is 1. The van der Waals surface area contributed by atoms with E-state index in [0.29, 0.717) is 27.6 Å². The number of methoxy groups -OCH3 is 1. The lowest BCUT2D eigenvalue weighted by atomic mass is 9.95. The molecule has 6 nitrogen and oxygen atoms in total. The Hall–Kier alpha value is -3.64. The average Bonchev–Trinajstić information content (AvgIpc) is 3.05. The summed E-state index contributed by atoms with van der Waals surface area (Å²) < 4.78 is 5.21. The Labute approximate surface area is 178 Å². The summed E-state index contributed by atoms with van der Waals surface area (Å²) in [6, 6.07) is 15.9. The van der Waals surface area contributed by atoms with Gasteiger partial charge < -0.3 is 9.84 Å². The molecule has 1 saturated heterocycles. The maximum Gasteiger partial charge on any atom is 0.300 e. The number of nitrogens with zero attached hydrogens (tertiary/aromatic N) is 2. The number of benzene rings is 2. The molecule has 30 heavy (non-hydrogen) atoms. The molecule has 1 fully saturated rings. The highest BCUT2D eigenvalue weighted by atomic mass is 35.5. The van der Waals surface area contributed by atoms with Gasteiger partial charge in [0, 0.05) is 28.7 Å². The lowest BCUT2D eigenvalue weighted by Gasteiger charge is -2.25. The molecule has 1 N–H and O–H groups in total. The van der Waals surface area contributed by atoms with Crippen LogP contribution in [0.2, 0.25) is 5.02 Å². The van der Waals surface area contributed by atoms with E-state index in [1.165, 1.54) is 12.0 Å². The van der Waals surface area contributed by atoms with E-state index < -0.39 is 17.7 Å². The molecule has 0 aliphatic carbocycles. The minimum absolute atomic E-state index is 0.00518. The molecule has 1 aromatic heterocycles. The molecule has 2 aromatic carbocycles. The van der Waals surface area contributed by atoms with Crippen LogP contribution in [0.3, 0.4) is 0 Å². The third-order valence-electron chi connectivity index (χ3n) is 4.91. The Kier molecular flexibility index (Phi) is 5.25. The number of aliphatic hydroxyl groups is 1. The number of ether oxygens (including phenoxy) is 1. The SMILES string of the molecule is COc1cccc(/C(O)=C2/C(=O)C(=O)N(c3ccc(Cl)cc3)C2c2ccncc2)c1. The van der Waals surface area contributed by atoms with Gasteiger partial charge in [-0.1, -0.05) is 23.7 Å². The van der Waals surface area contributed by atoms with E-state index in [1.54, 1.807) is 73.1 Å². The normalized spacial score (nSPS) is 17.9. The third-order valence-corrected chi connectivity index (χ3v) is 5.17. The summed E-state index contributed by atoms with van der Waals surface area (Å²) in [4.78, 5) is 31.4. The van der Waals surface area contributed by atoms with Crippen LogP contribution in [0.1, 0.15) is 17.2 Å². The van der Waals surface area contributed by atoms with Crippen molar-refractivity contribution in [1.29, 1.82) is 0 Å². The fourth-order valence-corrected chi connectivity index (χ4v) is 3.61. The monoisotopic (exact) mass is 420 g/mol. The smallest absolute Gasteiger partial charge is 0.300 e. The molecule has 0 bridgehead atoms. The number of halogens is 1.